The van der Waals surface area contributed by atoms with E-state index in [0.29, 0.717) is 30.8 Å². The molecule has 2 aliphatic rings. The Labute approximate surface area is 165 Å². The van der Waals surface area contributed by atoms with Gasteiger partial charge in [-0.2, -0.15) is 0 Å². The number of likely N-dealkylation sites (tertiary alicyclic amines) is 1. The first-order valence-corrected chi connectivity index (χ1v) is 10.1. The molecule has 4 atom stereocenters. The van der Waals surface area contributed by atoms with Crippen LogP contribution >= 0.6 is 11.8 Å². The van der Waals surface area contributed by atoms with Crippen LogP contribution in [0.3, 0.4) is 0 Å². The number of hydrogen-bond donors (Lipinski definition) is 4. The van der Waals surface area contributed by atoms with E-state index in [2.05, 4.69) is 20.6 Å². The second-order valence-corrected chi connectivity index (χ2v) is 8.28. The van der Waals surface area contributed by atoms with Crippen molar-refractivity contribution in [2.75, 3.05) is 12.3 Å². The number of nitrogens with zero attached hydrogens (tertiary/aromatic N) is 2. The van der Waals surface area contributed by atoms with Crippen LogP contribution in [0.5, 0.6) is 0 Å². The Morgan fingerprint density at radius 3 is 2.89 bits per heavy atom. The van der Waals surface area contributed by atoms with Gasteiger partial charge in [0.1, 0.15) is 18.1 Å². The zero-order chi connectivity index (χ0) is 20.3. The maximum absolute atomic E-state index is 13.0. The number of nitrogens with one attached hydrogen (secondary N) is 3. The number of aromatic nitrogens is 2. The fourth-order valence-corrected chi connectivity index (χ4v) is 4.30. The number of imidazole rings is 1. The molecule has 3 rings (SSSR count). The Morgan fingerprint density at radius 2 is 2.25 bits per heavy atom. The summed E-state index contributed by atoms with van der Waals surface area (Å²) in [6.07, 6.45) is 4.15. The maximum Gasteiger partial charge on any atom is 0.326 e. The van der Waals surface area contributed by atoms with Crippen molar-refractivity contribution in [2.24, 2.45) is 0 Å². The number of rotatable bonds is 6. The minimum absolute atomic E-state index is 0.150. The number of carboxylic acid groups (broad SMARTS) is 1. The molecule has 2 saturated heterocycles. The molecule has 28 heavy (non-hydrogen) atoms. The minimum Gasteiger partial charge on any atom is -0.480 e. The SMILES string of the molecule is C[C@H]1SC[C@@H](C(=O)N[C@@H](Cc2cnc[nH]2)C(=O)N2CCC[C@H]2C(=O)O)NC1=O. The summed E-state index contributed by atoms with van der Waals surface area (Å²) in [5.41, 5.74) is 0.639. The highest BCUT2D eigenvalue weighted by Crippen LogP contribution is 2.20. The van der Waals surface area contributed by atoms with Crippen LogP contribution in [-0.2, 0) is 25.6 Å². The normalized spacial score (nSPS) is 25.8. The minimum atomic E-state index is -1.05. The summed E-state index contributed by atoms with van der Waals surface area (Å²) in [5.74, 6) is -1.78. The van der Waals surface area contributed by atoms with E-state index in [-0.39, 0.29) is 17.6 Å². The largest absolute Gasteiger partial charge is 0.480 e. The lowest BCUT2D eigenvalue weighted by Crippen LogP contribution is -2.59. The van der Waals surface area contributed by atoms with Crippen molar-refractivity contribution >= 4 is 35.5 Å². The summed E-state index contributed by atoms with van der Waals surface area (Å²) < 4.78 is 0. The number of hydrogen-bond acceptors (Lipinski definition) is 6. The van der Waals surface area contributed by atoms with E-state index in [9.17, 15) is 24.3 Å². The van der Waals surface area contributed by atoms with Crippen LogP contribution in [-0.4, -0.2) is 79.3 Å². The zero-order valence-electron chi connectivity index (χ0n) is 15.4. The lowest BCUT2D eigenvalue weighted by Gasteiger charge is -2.30. The van der Waals surface area contributed by atoms with Crippen LogP contribution in [0.2, 0.25) is 0 Å². The highest BCUT2D eigenvalue weighted by Gasteiger charge is 2.39. The third-order valence-corrected chi connectivity index (χ3v) is 6.17. The molecule has 3 amide bonds. The summed E-state index contributed by atoms with van der Waals surface area (Å²) in [6, 6.07) is -2.58. The number of carbonyl (C=O) groups is 4. The second kappa shape index (κ2) is 8.63. The lowest BCUT2D eigenvalue weighted by atomic mass is 10.1. The third-order valence-electron chi connectivity index (χ3n) is 4.93. The first-order chi connectivity index (χ1) is 13.4. The Hall–Kier alpha value is -2.56. The predicted molar refractivity (Wildman–Crippen MR) is 100 cm³/mol. The molecule has 1 aromatic heterocycles. The molecule has 4 N–H and O–H groups in total. The van der Waals surface area contributed by atoms with Gasteiger partial charge in [-0.25, -0.2) is 9.78 Å². The number of amides is 3. The monoisotopic (exact) mass is 409 g/mol. The predicted octanol–water partition coefficient (Wildman–Crippen LogP) is -0.867. The third kappa shape index (κ3) is 4.46. The van der Waals surface area contributed by atoms with E-state index < -0.39 is 35.9 Å². The summed E-state index contributed by atoms with van der Waals surface area (Å²) in [4.78, 5) is 57.1. The number of carbonyl (C=O) groups excluding carboxylic acids is 3. The van der Waals surface area contributed by atoms with Gasteiger partial charge in [-0.05, 0) is 19.8 Å². The molecule has 0 radical (unpaired) electrons. The van der Waals surface area contributed by atoms with E-state index in [0.717, 1.165) is 0 Å². The van der Waals surface area contributed by atoms with Gasteiger partial charge < -0.3 is 25.6 Å². The first kappa shape index (κ1) is 20.2. The summed E-state index contributed by atoms with van der Waals surface area (Å²) in [7, 11) is 0. The molecule has 10 nitrogen and oxygen atoms in total. The average Bonchev–Trinajstić information content (AvgIpc) is 3.34. The topological polar surface area (TPSA) is 144 Å². The van der Waals surface area contributed by atoms with Crippen LogP contribution in [0, 0.1) is 0 Å². The van der Waals surface area contributed by atoms with Gasteiger partial charge in [0.2, 0.25) is 17.7 Å². The van der Waals surface area contributed by atoms with Crippen LogP contribution in [0.4, 0.5) is 0 Å². The van der Waals surface area contributed by atoms with Crippen molar-refractivity contribution in [1.29, 1.82) is 0 Å². The molecule has 0 saturated carbocycles. The van der Waals surface area contributed by atoms with Crippen LogP contribution in [0.25, 0.3) is 0 Å². The van der Waals surface area contributed by atoms with E-state index in [1.807, 2.05) is 0 Å². The highest BCUT2D eigenvalue weighted by atomic mass is 32.2. The molecule has 0 spiro atoms. The Morgan fingerprint density at radius 1 is 1.46 bits per heavy atom. The molecular weight excluding hydrogens is 386 g/mol. The molecule has 2 aliphatic heterocycles. The second-order valence-electron chi connectivity index (χ2n) is 6.91. The smallest absolute Gasteiger partial charge is 0.326 e. The Kier molecular flexibility index (Phi) is 6.22. The van der Waals surface area contributed by atoms with E-state index >= 15 is 0 Å². The summed E-state index contributed by atoms with van der Waals surface area (Å²) in [6.45, 7) is 2.09. The van der Waals surface area contributed by atoms with Gasteiger partial charge in [-0.15, -0.1) is 11.8 Å². The molecule has 152 valence electrons. The van der Waals surface area contributed by atoms with Crippen molar-refractivity contribution in [3.05, 3.63) is 18.2 Å². The molecule has 0 aromatic carbocycles. The molecule has 1 aromatic rings. The standard InChI is InChI=1S/C17H23N5O5S/c1-9-14(23)21-12(7-28-9)15(24)20-11(5-10-6-18-8-19-10)16(25)22-4-2-3-13(22)17(26)27/h6,8-9,11-13H,2-5,7H2,1H3,(H,18,19)(H,20,24)(H,21,23)(H,26,27)/t9-,11+,12+,13+/m1/s1. The van der Waals surface area contributed by atoms with Crippen molar-refractivity contribution < 1.29 is 24.3 Å². The molecule has 2 fully saturated rings. The summed E-state index contributed by atoms with van der Waals surface area (Å²) >= 11 is 1.37. The number of carboxylic acids is 1. The molecular formula is C17H23N5O5S. The van der Waals surface area contributed by atoms with E-state index in [4.69, 9.17) is 0 Å². The van der Waals surface area contributed by atoms with Crippen molar-refractivity contribution in [3.63, 3.8) is 0 Å². The average molecular weight is 409 g/mol. The highest BCUT2D eigenvalue weighted by molar-refractivity contribution is 8.00. The first-order valence-electron chi connectivity index (χ1n) is 9.09. The molecule has 0 bridgehead atoms. The van der Waals surface area contributed by atoms with Crippen molar-refractivity contribution in [1.82, 2.24) is 25.5 Å². The van der Waals surface area contributed by atoms with Crippen LogP contribution in [0.15, 0.2) is 12.5 Å². The van der Waals surface area contributed by atoms with E-state index in [1.165, 1.54) is 23.0 Å². The summed E-state index contributed by atoms with van der Waals surface area (Å²) in [5, 5.41) is 14.5. The molecule has 0 aliphatic carbocycles. The Balaban J connectivity index is 1.73. The van der Waals surface area contributed by atoms with E-state index in [1.54, 1.807) is 13.1 Å². The molecule has 3 heterocycles. The molecule has 11 heteroatoms. The number of aromatic amines is 1. The zero-order valence-corrected chi connectivity index (χ0v) is 16.2. The maximum atomic E-state index is 13.0. The fourth-order valence-electron chi connectivity index (χ4n) is 3.36. The van der Waals surface area contributed by atoms with Gasteiger partial charge in [0.15, 0.2) is 0 Å². The van der Waals surface area contributed by atoms with Gasteiger partial charge in [0.25, 0.3) is 0 Å². The van der Waals surface area contributed by atoms with Crippen molar-refractivity contribution in [2.45, 2.75) is 49.6 Å². The van der Waals surface area contributed by atoms with Crippen LogP contribution in [0.1, 0.15) is 25.5 Å². The van der Waals surface area contributed by atoms with Crippen LogP contribution < -0.4 is 10.6 Å². The Bertz CT molecular complexity index is 755. The fraction of sp³-hybridized carbons (Fsp3) is 0.588. The number of aliphatic carboxylic acids is 1. The van der Waals surface area contributed by atoms with Gasteiger partial charge in [0, 0.05) is 30.6 Å². The quantitative estimate of drug-likeness (QED) is 0.478. The van der Waals surface area contributed by atoms with Gasteiger partial charge >= 0.3 is 5.97 Å². The van der Waals surface area contributed by atoms with Gasteiger partial charge in [-0.1, -0.05) is 0 Å². The van der Waals surface area contributed by atoms with Gasteiger partial charge in [-0.3, -0.25) is 14.4 Å². The number of thioether (sulfide) groups is 1. The van der Waals surface area contributed by atoms with Crippen molar-refractivity contribution in [3.8, 4) is 0 Å². The van der Waals surface area contributed by atoms with Gasteiger partial charge in [0.05, 0.1) is 11.6 Å². The number of H-pyrrole nitrogens is 1. The molecule has 0 unspecified atom stereocenters. The lowest BCUT2D eigenvalue weighted by molar-refractivity contribution is -0.149.